The standard InChI is InChI=1S/C37H60O6Si2/c1-23(2)45(24(3)4,25(5)6)43-30-20-19-29(37(39)27(8)32(40-14)34(37)38)33-31(30)36(13,28(9)42-33)21-17-18-26(7)22-41-44(15,16)35(10,11)12/h17-21,23-25,28,39H,22H2,1-16H3/b21-17+,26-18+/t28-,36+,37?/m1/s1. The van der Waals surface area contributed by atoms with E-state index in [1.165, 1.54) is 7.11 Å². The third kappa shape index (κ3) is 6.17. The summed E-state index contributed by atoms with van der Waals surface area (Å²) in [6.45, 7) is 33.6. The molecule has 2 aliphatic rings. The number of ketones is 1. The highest BCUT2D eigenvalue weighted by Crippen LogP contribution is 2.57. The minimum absolute atomic E-state index is 0.148. The van der Waals surface area contributed by atoms with Crippen molar-refractivity contribution in [3.8, 4) is 11.5 Å². The maximum atomic E-state index is 13.2. The molecule has 0 saturated heterocycles. The summed E-state index contributed by atoms with van der Waals surface area (Å²) in [5, 5.41) is 12.0. The van der Waals surface area contributed by atoms with Crippen molar-refractivity contribution in [2.24, 2.45) is 0 Å². The molecule has 0 aromatic heterocycles. The van der Waals surface area contributed by atoms with Gasteiger partial charge in [-0.2, -0.15) is 0 Å². The van der Waals surface area contributed by atoms with E-state index >= 15 is 0 Å². The van der Waals surface area contributed by atoms with E-state index in [0.29, 0.717) is 40.1 Å². The number of Topliss-reactive ketones (excluding diaryl/α,β-unsaturated/α-hetero) is 1. The van der Waals surface area contributed by atoms with Crippen LogP contribution in [0.2, 0.25) is 34.8 Å². The van der Waals surface area contributed by atoms with E-state index in [1.54, 1.807) is 6.92 Å². The fourth-order valence-corrected chi connectivity index (χ4v) is 13.3. The van der Waals surface area contributed by atoms with Crippen molar-refractivity contribution in [1.29, 1.82) is 0 Å². The summed E-state index contributed by atoms with van der Waals surface area (Å²) in [6.07, 6.45) is 6.10. The van der Waals surface area contributed by atoms with Crippen molar-refractivity contribution in [3.63, 3.8) is 0 Å². The molecule has 45 heavy (non-hydrogen) atoms. The highest BCUT2D eigenvalue weighted by molar-refractivity contribution is 6.78. The molecule has 1 aromatic carbocycles. The lowest BCUT2D eigenvalue weighted by atomic mass is 9.70. The zero-order chi connectivity index (χ0) is 34.5. The van der Waals surface area contributed by atoms with Gasteiger partial charge in [-0.25, -0.2) is 0 Å². The van der Waals surface area contributed by atoms with Crippen LogP contribution in [0.1, 0.15) is 101 Å². The van der Waals surface area contributed by atoms with Gasteiger partial charge in [0.1, 0.15) is 17.6 Å². The molecule has 0 bridgehead atoms. The average molecular weight is 657 g/mol. The van der Waals surface area contributed by atoms with Crippen LogP contribution in [0, 0.1) is 0 Å². The molecule has 1 N–H and O–H groups in total. The summed E-state index contributed by atoms with van der Waals surface area (Å²) < 4.78 is 25.7. The molecule has 1 aromatic rings. The molecule has 3 atom stereocenters. The molecular formula is C37H60O6Si2. The number of rotatable bonds is 12. The van der Waals surface area contributed by atoms with Gasteiger partial charge in [-0.05, 0) is 80.2 Å². The number of hydrogen-bond donors (Lipinski definition) is 1. The first-order chi connectivity index (χ1) is 20.5. The second kappa shape index (κ2) is 12.8. The maximum Gasteiger partial charge on any atom is 0.258 e. The lowest BCUT2D eigenvalue weighted by Gasteiger charge is -2.43. The number of methoxy groups -OCH3 is 1. The summed E-state index contributed by atoms with van der Waals surface area (Å²) in [5.41, 5.74) is 1.67. The van der Waals surface area contributed by atoms with Gasteiger partial charge in [-0.3, -0.25) is 4.79 Å². The zero-order valence-electron chi connectivity index (χ0n) is 30.9. The summed E-state index contributed by atoms with van der Waals surface area (Å²) >= 11 is 0. The molecule has 0 spiro atoms. The Morgan fingerprint density at radius 1 is 1.09 bits per heavy atom. The number of ether oxygens (including phenoxy) is 2. The molecule has 252 valence electrons. The van der Waals surface area contributed by atoms with Crippen molar-refractivity contribution in [3.05, 3.63) is 58.4 Å². The van der Waals surface area contributed by atoms with Gasteiger partial charge < -0.3 is 23.4 Å². The number of aliphatic hydroxyl groups is 1. The molecule has 1 aliphatic heterocycles. The fourth-order valence-electron chi connectivity index (χ4n) is 6.98. The Kier molecular flexibility index (Phi) is 10.6. The van der Waals surface area contributed by atoms with Crippen molar-refractivity contribution < 1.29 is 28.2 Å². The molecule has 0 amide bonds. The molecule has 0 saturated carbocycles. The van der Waals surface area contributed by atoms with Gasteiger partial charge in [0.2, 0.25) is 5.78 Å². The molecule has 0 radical (unpaired) electrons. The van der Waals surface area contributed by atoms with Gasteiger partial charge in [-0.15, -0.1) is 0 Å². The van der Waals surface area contributed by atoms with Crippen molar-refractivity contribution in [2.75, 3.05) is 13.7 Å². The zero-order valence-corrected chi connectivity index (χ0v) is 32.9. The topological polar surface area (TPSA) is 74.2 Å². The van der Waals surface area contributed by atoms with Crippen molar-refractivity contribution >= 4 is 22.4 Å². The predicted octanol–water partition coefficient (Wildman–Crippen LogP) is 9.49. The average Bonchev–Trinajstić information content (AvgIpc) is 3.19. The number of hydrogen-bond acceptors (Lipinski definition) is 6. The van der Waals surface area contributed by atoms with Crippen molar-refractivity contribution in [2.45, 2.75) is 142 Å². The largest absolute Gasteiger partial charge is 0.542 e. The predicted molar refractivity (Wildman–Crippen MR) is 190 cm³/mol. The normalized spacial score (nSPS) is 24.6. The fraction of sp³-hybridized carbons (Fsp3) is 0.649. The molecule has 6 nitrogen and oxygen atoms in total. The number of carbonyl (C=O) groups excluding carboxylic acids is 1. The third-order valence-corrected chi connectivity index (χ3v) is 21.6. The highest BCUT2D eigenvalue weighted by atomic mass is 28.4. The Bertz CT molecular complexity index is 1360. The second-order valence-electron chi connectivity index (χ2n) is 15.9. The monoisotopic (exact) mass is 656 g/mol. The SMILES string of the molecule is COC1=C(C)C(O)(c2ccc(O[Si](C(C)C)(C(C)C)C(C)C)c3c2O[C@H](C)[C@]3(C)/C=C/C=C(\C)CO[Si](C)(C)C(C)(C)C)C1=O. The minimum Gasteiger partial charge on any atom is -0.542 e. The van der Waals surface area contributed by atoms with Gasteiger partial charge in [0.15, 0.2) is 19.7 Å². The summed E-state index contributed by atoms with van der Waals surface area (Å²) in [4.78, 5) is 13.2. The van der Waals surface area contributed by atoms with E-state index in [1.807, 2.05) is 19.1 Å². The van der Waals surface area contributed by atoms with Crippen LogP contribution in [0.15, 0.2) is 47.3 Å². The van der Waals surface area contributed by atoms with Crippen LogP contribution in [0.25, 0.3) is 0 Å². The molecule has 1 heterocycles. The van der Waals surface area contributed by atoms with Gasteiger partial charge in [-0.1, -0.05) is 80.5 Å². The van der Waals surface area contributed by atoms with E-state index in [-0.39, 0.29) is 16.9 Å². The Balaban J connectivity index is 2.18. The van der Waals surface area contributed by atoms with E-state index in [2.05, 4.69) is 107 Å². The van der Waals surface area contributed by atoms with Crippen LogP contribution in [0.5, 0.6) is 11.5 Å². The molecule has 1 unspecified atom stereocenters. The Hall–Kier alpha value is -2.14. The van der Waals surface area contributed by atoms with Crippen LogP contribution in [0.4, 0.5) is 0 Å². The second-order valence-corrected chi connectivity index (χ2v) is 26.1. The van der Waals surface area contributed by atoms with Gasteiger partial charge >= 0.3 is 0 Å². The van der Waals surface area contributed by atoms with Crippen LogP contribution in [0.3, 0.4) is 0 Å². The number of carbonyl (C=O) groups is 1. The van der Waals surface area contributed by atoms with Crippen LogP contribution in [-0.4, -0.2) is 47.3 Å². The molecule has 3 rings (SSSR count). The van der Waals surface area contributed by atoms with E-state index in [0.717, 1.165) is 16.9 Å². The number of allylic oxidation sites excluding steroid dienone is 2. The smallest absolute Gasteiger partial charge is 0.258 e. The maximum absolute atomic E-state index is 13.2. The summed E-state index contributed by atoms with van der Waals surface area (Å²) in [7, 11) is -2.76. The summed E-state index contributed by atoms with van der Waals surface area (Å²) in [5.74, 6) is 1.05. The van der Waals surface area contributed by atoms with Crippen LogP contribution >= 0.6 is 0 Å². The van der Waals surface area contributed by atoms with Crippen molar-refractivity contribution in [1.82, 2.24) is 0 Å². The first kappa shape index (κ1) is 37.3. The first-order valence-corrected chi connectivity index (χ1v) is 21.6. The third-order valence-electron chi connectivity index (χ3n) is 11.1. The van der Waals surface area contributed by atoms with Crippen LogP contribution < -0.4 is 9.16 Å². The Morgan fingerprint density at radius 2 is 1.64 bits per heavy atom. The van der Waals surface area contributed by atoms with Gasteiger partial charge in [0.25, 0.3) is 8.32 Å². The van der Waals surface area contributed by atoms with E-state index < -0.39 is 33.4 Å². The number of fused-ring (bicyclic) bond motifs is 1. The quantitative estimate of drug-likeness (QED) is 0.178. The van der Waals surface area contributed by atoms with E-state index in [4.69, 9.17) is 18.3 Å². The number of benzene rings is 1. The minimum atomic E-state index is -2.35. The molecular weight excluding hydrogens is 597 g/mol. The van der Waals surface area contributed by atoms with E-state index in [9.17, 15) is 9.90 Å². The van der Waals surface area contributed by atoms with Gasteiger partial charge in [0.05, 0.1) is 19.1 Å². The lowest BCUT2D eigenvalue weighted by molar-refractivity contribution is -0.140. The Labute approximate surface area is 275 Å². The summed E-state index contributed by atoms with van der Waals surface area (Å²) in [6, 6.07) is 3.76. The first-order valence-electron chi connectivity index (χ1n) is 16.6. The Morgan fingerprint density at radius 3 is 2.11 bits per heavy atom. The van der Waals surface area contributed by atoms with Crippen LogP contribution in [-0.2, 0) is 25.0 Å². The lowest BCUT2D eigenvalue weighted by Crippen LogP contribution is -2.51. The molecule has 8 heteroatoms. The molecule has 1 aliphatic carbocycles. The molecule has 0 fully saturated rings. The highest BCUT2D eigenvalue weighted by Gasteiger charge is 2.58. The van der Waals surface area contributed by atoms with Gasteiger partial charge in [0, 0.05) is 16.7 Å².